The molecule has 9 nitrogen and oxygen atoms in total. The molecule has 10 heteroatoms. The van der Waals surface area contributed by atoms with E-state index in [1.54, 1.807) is 25.0 Å². The van der Waals surface area contributed by atoms with Gasteiger partial charge in [-0.05, 0) is 12.5 Å². The van der Waals surface area contributed by atoms with E-state index in [2.05, 4.69) is 32.0 Å². The lowest BCUT2D eigenvalue weighted by Gasteiger charge is -2.28. The van der Waals surface area contributed by atoms with Crippen molar-refractivity contribution in [3.8, 4) is 5.75 Å². The number of ether oxygens (including phenoxy) is 1. The highest BCUT2D eigenvalue weighted by Gasteiger charge is 2.22. The van der Waals surface area contributed by atoms with Crippen molar-refractivity contribution in [2.75, 3.05) is 33.8 Å². The monoisotopic (exact) mass is 513 g/mol. The van der Waals surface area contributed by atoms with Crippen molar-refractivity contribution in [2.24, 2.45) is 4.99 Å². The SMILES string of the molecule is CN(C)C(=O)CN=C(NCCCn1ccnn1)NC1CCOc2ccccc21.I. The fraction of sp³-hybridized carbons (Fsp3) is 0.474. The number of amides is 1. The second-order valence-corrected chi connectivity index (χ2v) is 6.77. The number of benzene rings is 1. The first kappa shape index (κ1) is 22.9. The number of carbonyl (C=O) groups is 1. The van der Waals surface area contributed by atoms with Crippen molar-refractivity contribution in [2.45, 2.75) is 25.4 Å². The molecular formula is C19H28IN7O2. The van der Waals surface area contributed by atoms with E-state index in [0.717, 1.165) is 30.7 Å². The van der Waals surface area contributed by atoms with Crippen molar-refractivity contribution >= 4 is 35.8 Å². The normalized spacial score (nSPS) is 15.5. The number of para-hydroxylation sites is 1. The molecule has 3 rings (SSSR count). The van der Waals surface area contributed by atoms with Crippen molar-refractivity contribution in [1.29, 1.82) is 0 Å². The van der Waals surface area contributed by atoms with Gasteiger partial charge >= 0.3 is 0 Å². The van der Waals surface area contributed by atoms with E-state index in [0.29, 0.717) is 19.1 Å². The largest absolute Gasteiger partial charge is 0.493 e. The number of nitrogens with one attached hydrogen (secondary N) is 2. The Hall–Kier alpha value is -2.37. The molecule has 0 radical (unpaired) electrons. The third kappa shape index (κ3) is 6.87. The number of halogens is 1. The van der Waals surface area contributed by atoms with Gasteiger partial charge < -0.3 is 20.3 Å². The minimum atomic E-state index is -0.0453. The first-order valence-corrected chi connectivity index (χ1v) is 9.44. The number of nitrogens with zero attached hydrogens (tertiary/aromatic N) is 5. The summed E-state index contributed by atoms with van der Waals surface area (Å²) in [5, 5.41) is 14.5. The van der Waals surface area contributed by atoms with Crippen LogP contribution >= 0.6 is 24.0 Å². The number of aliphatic imine (C=N–C) groups is 1. The summed E-state index contributed by atoms with van der Waals surface area (Å²) in [6.45, 7) is 2.20. The molecule has 1 unspecified atom stereocenters. The Kier molecular flexibility index (Phi) is 9.16. The second kappa shape index (κ2) is 11.6. The topological polar surface area (TPSA) is 96.7 Å². The summed E-state index contributed by atoms with van der Waals surface area (Å²) in [5.74, 6) is 1.47. The summed E-state index contributed by atoms with van der Waals surface area (Å²) < 4.78 is 7.52. The first-order valence-electron chi connectivity index (χ1n) is 9.44. The number of aryl methyl sites for hydroxylation is 1. The lowest BCUT2D eigenvalue weighted by molar-refractivity contribution is -0.127. The van der Waals surface area contributed by atoms with Crippen molar-refractivity contribution < 1.29 is 9.53 Å². The average molecular weight is 513 g/mol. The quantitative estimate of drug-likeness (QED) is 0.252. The highest BCUT2D eigenvalue weighted by atomic mass is 127. The highest BCUT2D eigenvalue weighted by Crippen LogP contribution is 2.31. The van der Waals surface area contributed by atoms with Gasteiger partial charge in [-0.15, -0.1) is 29.1 Å². The molecule has 0 saturated carbocycles. The van der Waals surface area contributed by atoms with Gasteiger partial charge in [-0.1, -0.05) is 23.4 Å². The van der Waals surface area contributed by atoms with Gasteiger partial charge in [-0.25, -0.2) is 4.99 Å². The number of guanidine groups is 1. The van der Waals surface area contributed by atoms with E-state index in [1.165, 1.54) is 4.90 Å². The van der Waals surface area contributed by atoms with Gasteiger partial charge in [-0.3, -0.25) is 9.48 Å². The van der Waals surface area contributed by atoms with Gasteiger partial charge in [0, 0.05) is 45.4 Å². The molecule has 0 aliphatic carbocycles. The Morgan fingerprint density at radius 2 is 2.21 bits per heavy atom. The molecule has 2 N–H and O–H groups in total. The van der Waals surface area contributed by atoms with Crippen LogP contribution in [0.1, 0.15) is 24.4 Å². The summed E-state index contributed by atoms with van der Waals surface area (Å²) in [7, 11) is 3.45. The Bertz CT molecular complexity index is 796. The second-order valence-electron chi connectivity index (χ2n) is 6.77. The van der Waals surface area contributed by atoms with Crippen LogP contribution in [0, 0.1) is 0 Å². The zero-order valence-electron chi connectivity index (χ0n) is 16.7. The van der Waals surface area contributed by atoms with Crippen LogP contribution in [0.25, 0.3) is 0 Å². The van der Waals surface area contributed by atoms with Crippen LogP contribution in [0.3, 0.4) is 0 Å². The number of carbonyl (C=O) groups excluding carboxylic acids is 1. The van der Waals surface area contributed by atoms with Crippen LogP contribution in [0.15, 0.2) is 41.7 Å². The molecule has 0 spiro atoms. The van der Waals surface area contributed by atoms with E-state index in [4.69, 9.17) is 4.74 Å². The highest BCUT2D eigenvalue weighted by molar-refractivity contribution is 14.0. The first-order chi connectivity index (χ1) is 13.6. The molecule has 158 valence electrons. The van der Waals surface area contributed by atoms with Gasteiger partial charge in [-0.2, -0.15) is 0 Å². The number of rotatable bonds is 7. The molecule has 1 aromatic heterocycles. The average Bonchev–Trinajstić information content (AvgIpc) is 3.22. The number of aromatic nitrogens is 3. The zero-order valence-corrected chi connectivity index (χ0v) is 19.1. The Balaban J connectivity index is 0.00000300. The third-order valence-electron chi connectivity index (χ3n) is 4.47. The molecule has 1 aliphatic rings. The molecule has 0 bridgehead atoms. The number of likely N-dealkylation sites (N-methyl/N-ethyl adjacent to an activating group) is 1. The summed E-state index contributed by atoms with van der Waals surface area (Å²) in [5.41, 5.74) is 1.10. The lowest BCUT2D eigenvalue weighted by atomic mass is 10.0. The Morgan fingerprint density at radius 3 is 2.97 bits per heavy atom. The number of hydrogen-bond acceptors (Lipinski definition) is 5. The van der Waals surface area contributed by atoms with Gasteiger partial charge in [0.25, 0.3) is 0 Å². The van der Waals surface area contributed by atoms with E-state index < -0.39 is 0 Å². The van der Waals surface area contributed by atoms with Crippen LogP contribution in [0.4, 0.5) is 0 Å². The van der Waals surface area contributed by atoms with Gasteiger partial charge in [0.05, 0.1) is 18.8 Å². The molecule has 1 amide bonds. The number of hydrogen-bond donors (Lipinski definition) is 2. The molecule has 0 fully saturated rings. The maximum Gasteiger partial charge on any atom is 0.243 e. The molecule has 0 saturated heterocycles. The molecule has 1 atom stereocenters. The Morgan fingerprint density at radius 1 is 1.38 bits per heavy atom. The van der Waals surface area contributed by atoms with E-state index in [9.17, 15) is 4.79 Å². The smallest absolute Gasteiger partial charge is 0.243 e. The molecule has 1 aromatic carbocycles. The van der Waals surface area contributed by atoms with E-state index in [1.807, 2.05) is 24.4 Å². The predicted molar refractivity (Wildman–Crippen MR) is 121 cm³/mol. The molecular weight excluding hydrogens is 485 g/mol. The molecule has 2 heterocycles. The Labute approximate surface area is 187 Å². The van der Waals surface area contributed by atoms with Gasteiger partial charge in [0.2, 0.25) is 5.91 Å². The summed E-state index contributed by atoms with van der Waals surface area (Å²) in [4.78, 5) is 18.0. The van der Waals surface area contributed by atoms with Gasteiger partial charge in [0.1, 0.15) is 12.3 Å². The van der Waals surface area contributed by atoms with Crippen molar-refractivity contribution in [3.63, 3.8) is 0 Å². The van der Waals surface area contributed by atoms with E-state index in [-0.39, 0.29) is 42.5 Å². The summed E-state index contributed by atoms with van der Waals surface area (Å²) in [6, 6.07) is 8.08. The predicted octanol–water partition coefficient (Wildman–Crippen LogP) is 1.43. The van der Waals surface area contributed by atoms with Crippen LogP contribution in [0.2, 0.25) is 0 Å². The maximum absolute atomic E-state index is 11.9. The molecule has 1 aliphatic heterocycles. The summed E-state index contributed by atoms with van der Waals surface area (Å²) >= 11 is 0. The van der Waals surface area contributed by atoms with Crippen molar-refractivity contribution in [3.05, 3.63) is 42.2 Å². The molecule has 2 aromatic rings. The van der Waals surface area contributed by atoms with Gasteiger partial charge in [0.15, 0.2) is 5.96 Å². The third-order valence-corrected chi connectivity index (χ3v) is 4.47. The van der Waals surface area contributed by atoms with E-state index >= 15 is 0 Å². The van der Waals surface area contributed by atoms with Crippen LogP contribution < -0.4 is 15.4 Å². The number of fused-ring (bicyclic) bond motifs is 1. The zero-order chi connectivity index (χ0) is 19.8. The summed E-state index contributed by atoms with van der Waals surface area (Å²) in [6.07, 6.45) is 5.19. The maximum atomic E-state index is 11.9. The molecule has 29 heavy (non-hydrogen) atoms. The fourth-order valence-electron chi connectivity index (χ4n) is 2.90. The van der Waals surface area contributed by atoms with Crippen molar-refractivity contribution in [1.82, 2.24) is 30.5 Å². The lowest BCUT2D eigenvalue weighted by Crippen LogP contribution is -2.42. The standard InChI is InChI=1S/C19H27N7O2.HI/c1-25(2)18(27)14-21-19(20-9-5-11-26-12-10-22-24-26)23-16-8-13-28-17-7-4-3-6-15(16)17;/h3-4,6-7,10,12,16H,5,8-9,11,13-14H2,1-2H3,(H2,20,21,23);1H. The minimum Gasteiger partial charge on any atom is -0.493 e. The fourth-order valence-corrected chi connectivity index (χ4v) is 2.90. The van der Waals surface area contributed by atoms with Crippen LogP contribution in [0.5, 0.6) is 5.75 Å². The van der Waals surface area contributed by atoms with Crippen LogP contribution in [-0.2, 0) is 11.3 Å². The van der Waals surface area contributed by atoms with Crippen LogP contribution in [-0.4, -0.2) is 65.6 Å². The minimum absolute atomic E-state index is 0.